The molecule has 48 heavy (non-hydrogen) atoms. The highest BCUT2D eigenvalue weighted by molar-refractivity contribution is 5.87. The summed E-state index contributed by atoms with van der Waals surface area (Å²) in [6.45, 7) is 10.9. The average Bonchev–Trinajstić information content (AvgIpc) is 3.07. The third-order valence-corrected chi connectivity index (χ3v) is 8.79. The van der Waals surface area contributed by atoms with E-state index in [4.69, 9.17) is 20.1 Å². The molecule has 11 heteroatoms. The summed E-state index contributed by atoms with van der Waals surface area (Å²) in [5.41, 5.74) is 2.23. The number of nitrogens with zero attached hydrogens (tertiary/aromatic N) is 2. The fourth-order valence-corrected chi connectivity index (χ4v) is 5.84. The number of azo groups is 1. The molecule has 1 aromatic rings. The van der Waals surface area contributed by atoms with Crippen LogP contribution in [0.3, 0.4) is 0 Å². The highest BCUT2D eigenvalue weighted by Crippen LogP contribution is 2.28. The summed E-state index contributed by atoms with van der Waals surface area (Å²) in [5, 5.41) is 21.3. The number of benzene rings is 1. The fourth-order valence-electron chi connectivity index (χ4n) is 5.84. The summed E-state index contributed by atoms with van der Waals surface area (Å²) < 4.78 is 18.3. The average molecular weight is 669 g/mol. The van der Waals surface area contributed by atoms with Gasteiger partial charge in [-0.25, -0.2) is 0 Å². The van der Waals surface area contributed by atoms with Crippen molar-refractivity contribution >= 4 is 11.9 Å². The minimum absolute atomic E-state index is 0.0540. The van der Waals surface area contributed by atoms with Crippen LogP contribution in [-0.2, 0) is 23.9 Å². The number of nitrogens with two attached hydrogens (primary N) is 1. The van der Waals surface area contributed by atoms with Gasteiger partial charge in [0.25, 0.3) is 0 Å². The molecule has 266 valence electrons. The molecule has 8 atom stereocenters. The van der Waals surface area contributed by atoms with Crippen LogP contribution in [0.15, 0.2) is 70.4 Å². The molecule has 0 aromatic heterocycles. The first-order valence-corrected chi connectivity index (χ1v) is 17.4. The SMILES string of the molecule is CC(C=CC1CCCC(CCN=NC(C)c2ccc(OCCCC(=O)ON)cc2)O1)=CCC1OC(C)C(NC(=O)C=CC(C)O)CC1C. The first kappa shape index (κ1) is 39.1. The Hall–Kier alpha value is -3.38. The minimum Gasteiger partial charge on any atom is -0.494 e. The summed E-state index contributed by atoms with van der Waals surface area (Å²) in [6.07, 6.45) is 15.5. The molecule has 4 N–H and O–H groups in total. The largest absolute Gasteiger partial charge is 0.494 e. The molecular formula is C37H56N4O7. The van der Waals surface area contributed by atoms with E-state index in [1.807, 2.05) is 38.1 Å². The van der Waals surface area contributed by atoms with Crippen molar-refractivity contribution in [2.75, 3.05) is 13.2 Å². The molecule has 0 saturated carbocycles. The number of hydrogen-bond donors (Lipinski definition) is 3. The Bertz CT molecular complexity index is 1250. The van der Waals surface area contributed by atoms with Crippen molar-refractivity contribution in [3.05, 3.63) is 65.8 Å². The van der Waals surface area contributed by atoms with Crippen molar-refractivity contribution in [1.29, 1.82) is 0 Å². The number of aliphatic hydroxyl groups is 1. The van der Waals surface area contributed by atoms with Gasteiger partial charge in [-0.15, -0.1) is 0 Å². The molecule has 1 amide bonds. The lowest BCUT2D eigenvalue weighted by Gasteiger charge is -2.39. The molecule has 2 fully saturated rings. The quantitative estimate of drug-likeness (QED) is 0.0580. The van der Waals surface area contributed by atoms with Crippen LogP contribution >= 0.6 is 0 Å². The van der Waals surface area contributed by atoms with Crippen molar-refractivity contribution in [3.8, 4) is 5.75 Å². The molecule has 11 nitrogen and oxygen atoms in total. The molecule has 2 saturated heterocycles. The lowest BCUT2D eigenvalue weighted by molar-refractivity contribution is -0.144. The molecule has 3 rings (SSSR count). The molecule has 0 bridgehead atoms. The number of hydrogen-bond acceptors (Lipinski definition) is 10. The summed E-state index contributed by atoms with van der Waals surface area (Å²) >= 11 is 0. The van der Waals surface area contributed by atoms with E-state index in [1.165, 1.54) is 17.7 Å². The predicted molar refractivity (Wildman–Crippen MR) is 185 cm³/mol. The van der Waals surface area contributed by atoms with Crippen LogP contribution in [-0.4, -0.2) is 66.7 Å². The van der Waals surface area contributed by atoms with Crippen molar-refractivity contribution in [2.24, 2.45) is 22.0 Å². The number of allylic oxidation sites excluding steroid dienone is 2. The number of aliphatic hydroxyl groups excluding tert-OH is 1. The number of ether oxygens (including phenoxy) is 3. The first-order valence-electron chi connectivity index (χ1n) is 17.4. The maximum absolute atomic E-state index is 12.2. The van der Waals surface area contributed by atoms with E-state index < -0.39 is 12.1 Å². The van der Waals surface area contributed by atoms with E-state index in [0.29, 0.717) is 25.5 Å². The second-order valence-corrected chi connectivity index (χ2v) is 13.0. The van der Waals surface area contributed by atoms with E-state index in [1.54, 1.807) is 6.92 Å². The third kappa shape index (κ3) is 14.4. The zero-order chi connectivity index (χ0) is 34.9. The summed E-state index contributed by atoms with van der Waals surface area (Å²) in [7, 11) is 0. The van der Waals surface area contributed by atoms with Gasteiger partial charge in [-0.1, -0.05) is 48.9 Å². The lowest BCUT2D eigenvalue weighted by atomic mass is 9.88. The van der Waals surface area contributed by atoms with Crippen molar-refractivity contribution in [3.63, 3.8) is 0 Å². The minimum atomic E-state index is -0.652. The Morgan fingerprint density at radius 2 is 1.92 bits per heavy atom. The highest BCUT2D eigenvalue weighted by Gasteiger charge is 2.33. The third-order valence-electron chi connectivity index (χ3n) is 8.79. The number of amides is 1. The van der Waals surface area contributed by atoms with E-state index in [0.717, 1.165) is 49.8 Å². The molecule has 0 radical (unpaired) electrons. The van der Waals surface area contributed by atoms with Gasteiger partial charge in [-0.2, -0.15) is 16.1 Å². The Balaban J connectivity index is 1.36. The van der Waals surface area contributed by atoms with E-state index in [2.05, 4.69) is 52.5 Å². The zero-order valence-electron chi connectivity index (χ0n) is 29.3. The maximum atomic E-state index is 12.2. The van der Waals surface area contributed by atoms with Crippen LogP contribution in [0.4, 0.5) is 0 Å². The number of nitrogens with one attached hydrogen (secondary N) is 1. The lowest BCUT2D eigenvalue weighted by Crippen LogP contribution is -2.50. The molecule has 0 aliphatic carbocycles. The predicted octanol–water partition coefficient (Wildman–Crippen LogP) is 6.23. The monoisotopic (exact) mass is 668 g/mol. The Labute approximate surface area is 286 Å². The van der Waals surface area contributed by atoms with Gasteiger partial charge in [0.15, 0.2) is 0 Å². The van der Waals surface area contributed by atoms with Gasteiger partial charge in [0.1, 0.15) is 5.75 Å². The second-order valence-electron chi connectivity index (χ2n) is 13.0. The van der Waals surface area contributed by atoms with E-state index in [-0.39, 0.29) is 48.8 Å². The number of rotatable bonds is 17. The highest BCUT2D eigenvalue weighted by atomic mass is 16.7. The number of carbonyl (C=O) groups excluding carboxylic acids is 2. The fraction of sp³-hybridized carbons (Fsp3) is 0.622. The molecule has 8 unspecified atom stereocenters. The van der Waals surface area contributed by atoms with E-state index in [9.17, 15) is 14.7 Å². The topological polar surface area (TPSA) is 154 Å². The Kier molecular flexibility index (Phi) is 17.0. The van der Waals surface area contributed by atoms with Crippen LogP contribution in [0.25, 0.3) is 0 Å². The van der Waals surface area contributed by atoms with Crippen LogP contribution in [0.1, 0.15) is 97.6 Å². The van der Waals surface area contributed by atoms with Crippen molar-refractivity contribution in [1.82, 2.24) is 5.32 Å². The van der Waals surface area contributed by atoms with Crippen LogP contribution in [0.5, 0.6) is 5.75 Å². The smallest absolute Gasteiger partial charge is 0.324 e. The molecule has 1 aromatic carbocycles. The zero-order valence-corrected chi connectivity index (χ0v) is 29.3. The molecule has 2 heterocycles. The maximum Gasteiger partial charge on any atom is 0.324 e. The van der Waals surface area contributed by atoms with Crippen molar-refractivity contribution < 1.29 is 33.7 Å². The van der Waals surface area contributed by atoms with Gasteiger partial charge >= 0.3 is 5.97 Å². The van der Waals surface area contributed by atoms with Crippen molar-refractivity contribution in [2.45, 2.75) is 129 Å². The summed E-state index contributed by atoms with van der Waals surface area (Å²) in [4.78, 5) is 27.4. The molecule has 2 aliphatic rings. The second kappa shape index (κ2) is 20.9. The van der Waals surface area contributed by atoms with Gasteiger partial charge in [-0.3, -0.25) is 9.59 Å². The first-order chi connectivity index (χ1) is 23.0. The Morgan fingerprint density at radius 1 is 1.15 bits per heavy atom. The number of carbonyl (C=O) groups is 2. The standard InChI is InChI=1S/C37H56N4O7/c1-25(12-19-35-26(2)24-34(29(5)46-35)40-36(43)20-13-27(3)42)11-16-32-8-6-9-33(47-32)21-22-39-41-28(4)30-14-17-31(18-15-30)45-23-7-10-37(44)48-38/h11-18,20,26-29,32-35,42H,6-10,19,21-24,38H2,1-5H3,(H,40,43). The van der Waals surface area contributed by atoms with Crippen LogP contribution in [0, 0.1) is 5.92 Å². The van der Waals surface area contributed by atoms with Gasteiger partial charge < -0.3 is 29.5 Å². The van der Waals surface area contributed by atoms with Gasteiger partial charge in [0, 0.05) is 6.08 Å². The Morgan fingerprint density at radius 3 is 2.65 bits per heavy atom. The molecule has 0 spiro atoms. The molecular weight excluding hydrogens is 612 g/mol. The van der Waals surface area contributed by atoms with Gasteiger partial charge in [0.2, 0.25) is 5.91 Å². The van der Waals surface area contributed by atoms with Gasteiger partial charge in [-0.05, 0) is 96.3 Å². The van der Waals surface area contributed by atoms with Crippen LogP contribution < -0.4 is 16.0 Å². The summed E-state index contributed by atoms with van der Waals surface area (Å²) in [5.74, 6) is 5.22. The normalized spacial score (nSPS) is 26.5. The molecule has 2 aliphatic heterocycles. The van der Waals surface area contributed by atoms with Crippen LogP contribution in [0.2, 0.25) is 0 Å². The summed E-state index contributed by atoms with van der Waals surface area (Å²) in [6, 6.07) is 7.63. The van der Waals surface area contributed by atoms with E-state index >= 15 is 0 Å². The van der Waals surface area contributed by atoms with Gasteiger partial charge in [0.05, 0.1) is 62.2 Å².